The second-order valence-corrected chi connectivity index (χ2v) is 6.92. The highest BCUT2D eigenvalue weighted by Gasteiger charge is 2.40. The molecule has 0 atom stereocenters. The van der Waals surface area contributed by atoms with Gasteiger partial charge in [-0.05, 0) is 29.8 Å². The zero-order chi connectivity index (χ0) is 18.6. The Hall–Kier alpha value is -3.30. The molecular weight excluding hydrogens is 330 g/mol. The number of ketones is 1. The van der Waals surface area contributed by atoms with Crippen molar-refractivity contribution >= 4 is 22.4 Å². The second kappa shape index (κ2) is 5.35. The van der Waals surface area contributed by atoms with E-state index in [2.05, 4.69) is 16.5 Å². The molecule has 0 spiro atoms. The number of anilines is 1. The summed E-state index contributed by atoms with van der Waals surface area (Å²) in [6.45, 7) is 4.00. The van der Waals surface area contributed by atoms with Gasteiger partial charge in [0, 0.05) is 27.6 Å². The van der Waals surface area contributed by atoms with Crippen LogP contribution in [0.15, 0.2) is 30.3 Å². The first-order chi connectivity index (χ1) is 12.4. The number of carbonyl (C=O) groups excluding carboxylic acids is 1. The number of phenolic OH excluding ortho intramolecular Hbond substituents is 1. The summed E-state index contributed by atoms with van der Waals surface area (Å²) >= 11 is 0. The van der Waals surface area contributed by atoms with E-state index >= 15 is 0 Å². The van der Waals surface area contributed by atoms with Gasteiger partial charge in [-0.3, -0.25) is 15.1 Å². The van der Waals surface area contributed by atoms with Crippen molar-refractivity contribution in [3.05, 3.63) is 58.3 Å². The standard InChI is InChI=1S/C20H17N3O3/c1-20(2)13-8-16(24)15(23-26-3)7-12(13)18(25)17-11-5-4-10(9-21)6-14(11)22-19(17)20/h4-8,22-24H,1-3H3. The third kappa shape index (κ3) is 2.04. The zero-order valence-corrected chi connectivity index (χ0v) is 14.6. The van der Waals surface area contributed by atoms with Gasteiger partial charge in [-0.1, -0.05) is 19.9 Å². The van der Waals surface area contributed by atoms with Gasteiger partial charge < -0.3 is 10.1 Å². The molecule has 1 aliphatic carbocycles. The van der Waals surface area contributed by atoms with Crippen molar-refractivity contribution in [2.45, 2.75) is 19.3 Å². The molecule has 1 aromatic heterocycles. The fraction of sp³-hybridized carbons (Fsp3) is 0.200. The molecule has 0 amide bonds. The normalized spacial score (nSPS) is 14.6. The van der Waals surface area contributed by atoms with Crippen molar-refractivity contribution in [3.8, 4) is 11.8 Å². The Morgan fingerprint density at radius 2 is 2.04 bits per heavy atom. The van der Waals surface area contributed by atoms with Crippen molar-refractivity contribution in [1.29, 1.82) is 5.26 Å². The average Bonchev–Trinajstić information content (AvgIpc) is 3.01. The van der Waals surface area contributed by atoms with Gasteiger partial charge in [0.1, 0.15) is 11.4 Å². The molecule has 0 radical (unpaired) electrons. The molecule has 3 N–H and O–H groups in total. The van der Waals surface area contributed by atoms with Crippen LogP contribution in [0.3, 0.4) is 0 Å². The van der Waals surface area contributed by atoms with E-state index in [4.69, 9.17) is 10.1 Å². The first-order valence-electron chi connectivity index (χ1n) is 8.16. The van der Waals surface area contributed by atoms with E-state index in [0.29, 0.717) is 22.4 Å². The van der Waals surface area contributed by atoms with Crippen LogP contribution in [0, 0.1) is 11.3 Å². The molecule has 4 rings (SSSR count). The molecule has 0 aliphatic heterocycles. The number of fused-ring (bicyclic) bond motifs is 4. The number of benzene rings is 2. The number of H-pyrrole nitrogens is 1. The Morgan fingerprint density at radius 1 is 1.27 bits per heavy atom. The van der Waals surface area contributed by atoms with Crippen LogP contribution in [-0.2, 0) is 10.3 Å². The van der Waals surface area contributed by atoms with Crippen molar-refractivity contribution in [3.63, 3.8) is 0 Å². The van der Waals surface area contributed by atoms with Crippen LogP contribution in [0.1, 0.15) is 46.6 Å². The Labute approximate surface area is 150 Å². The van der Waals surface area contributed by atoms with Crippen molar-refractivity contribution < 1.29 is 14.7 Å². The number of aromatic hydroxyl groups is 1. The van der Waals surface area contributed by atoms with Gasteiger partial charge >= 0.3 is 0 Å². The SMILES string of the molecule is CONc1cc2c(cc1O)C(C)(C)c1[nH]c3cc(C#N)ccc3c1C2=O. The lowest BCUT2D eigenvalue weighted by Crippen LogP contribution is -2.30. The Kier molecular flexibility index (Phi) is 3.33. The number of rotatable bonds is 2. The van der Waals surface area contributed by atoms with Gasteiger partial charge in [-0.15, -0.1) is 0 Å². The van der Waals surface area contributed by atoms with E-state index in [1.807, 2.05) is 13.8 Å². The van der Waals surface area contributed by atoms with Gasteiger partial charge in [0.15, 0.2) is 5.78 Å². The molecule has 26 heavy (non-hydrogen) atoms. The number of hydrogen-bond donors (Lipinski definition) is 3. The van der Waals surface area contributed by atoms with Gasteiger partial charge in [-0.25, -0.2) is 0 Å². The molecule has 0 bridgehead atoms. The van der Waals surface area contributed by atoms with Crippen LogP contribution in [-0.4, -0.2) is 23.0 Å². The molecule has 130 valence electrons. The van der Waals surface area contributed by atoms with Gasteiger partial charge in [0.05, 0.1) is 24.3 Å². The summed E-state index contributed by atoms with van der Waals surface area (Å²) < 4.78 is 0. The number of aromatic amines is 1. The van der Waals surface area contributed by atoms with Crippen molar-refractivity contribution in [1.82, 2.24) is 4.98 Å². The van der Waals surface area contributed by atoms with Gasteiger partial charge in [0.2, 0.25) is 0 Å². The third-order valence-electron chi connectivity index (χ3n) is 5.05. The fourth-order valence-corrected chi connectivity index (χ4v) is 3.73. The Balaban J connectivity index is 2.02. The molecule has 0 unspecified atom stereocenters. The number of nitrogens with zero attached hydrogens (tertiary/aromatic N) is 1. The fourth-order valence-electron chi connectivity index (χ4n) is 3.73. The van der Waals surface area contributed by atoms with Crippen LogP contribution in [0.5, 0.6) is 5.75 Å². The minimum absolute atomic E-state index is 0.0119. The van der Waals surface area contributed by atoms with E-state index in [0.717, 1.165) is 22.2 Å². The molecule has 1 aliphatic rings. The monoisotopic (exact) mass is 347 g/mol. The topological polar surface area (TPSA) is 98.1 Å². The Bertz CT molecular complexity index is 1120. The predicted octanol–water partition coefficient (Wildman–Crippen LogP) is 3.59. The maximum absolute atomic E-state index is 13.3. The van der Waals surface area contributed by atoms with Crippen LogP contribution in [0.25, 0.3) is 10.9 Å². The molecule has 1 heterocycles. The maximum atomic E-state index is 13.3. The van der Waals surface area contributed by atoms with E-state index in [1.165, 1.54) is 7.11 Å². The van der Waals surface area contributed by atoms with Crippen molar-refractivity contribution in [2.75, 3.05) is 12.6 Å². The Morgan fingerprint density at radius 3 is 2.73 bits per heavy atom. The summed E-state index contributed by atoms with van der Waals surface area (Å²) in [5.74, 6) is -0.109. The second-order valence-electron chi connectivity index (χ2n) is 6.92. The molecular formula is C20H17N3O3. The molecule has 6 nitrogen and oxygen atoms in total. The quantitative estimate of drug-likeness (QED) is 0.486. The lowest BCUT2D eigenvalue weighted by Gasteiger charge is -2.32. The minimum Gasteiger partial charge on any atom is -0.506 e. The molecule has 0 saturated carbocycles. The highest BCUT2D eigenvalue weighted by Crippen LogP contribution is 2.46. The van der Waals surface area contributed by atoms with Gasteiger partial charge in [-0.2, -0.15) is 5.26 Å². The summed E-state index contributed by atoms with van der Waals surface area (Å²) in [5.41, 5.74) is 6.35. The number of aromatic nitrogens is 1. The third-order valence-corrected chi connectivity index (χ3v) is 5.05. The number of hydrogen-bond acceptors (Lipinski definition) is 5. The number of phenols is 1. The summed E-state index contributed by atoms with van der Waals surface area (Å²) in [5, 5.41) is 20.2. The van der Waals surface area contributed by atoms with Crippen LogP contribution >= 0.6 is 0 Å². The first kappa shape index (κ1) is 16.2. The first-order valence-corrected chi connectivity index (χ1v) is 8.16. The number of carbonyl (C=O) groups is 1. The van der Waals surface area contributed by atoms with E-state index in [-0.39, 0.29) is 11.5 Å². The number of nitrogens with one attached hydrogen (secondary N) is 2. The van der Waals surface area contributed by atoms with Crippen LogP contribution in [0.2, 0.25) is 0 Å². The largest absolute Gasteiger partial charge is 0.506 e. The molecule has 6 heteroatoms. The van der Waals surface area contributed by atoms with E-state index < -0.39 is 5.41 Å². The van der Waals surface area contributed by atoms with Crippen LogP contribution in [0.4, 0.5) is 5.69 Å². The smallest absolute Gasteiger partial charge is 0.195 e. The maximum Gasteiger partial charge on any atom is 0.195 e. The zero-order valence-electron chi connectivity index (χ0n) is 14.6. The summed E-state index contributed by atoms with van der Waals surface area (Å²) in [6.07, 6.45) is 0. The van der Waals surface area contributed by atoms with Crippen LogP contribution < -0.4 is 5.48 Å². The molecule has 2 aromatic carbocycles. The van der Waals surface area contributed by atoms with Gasteiger partial charge in [0.25, 0.3) is 0 Å². The predicted molar refractivity (Wildman–Crippen MR) is 97.3 cm³/mol. The highest BCUT2D eigenvalue weighted by atomic mass is 16.6. The molecule has 3 aromatic rings. The highest BCUT2D eigenvalue weighted by molar-refractivity contribution is 6.20. The summed E-state index contributed by atoms with van der Waals surface area (Å²) in [6, 6.07) is 10.6. The summed E-state index contributed by atoms with van der Waals surface area (Å²) in [4.78, 5) is 21.5. The minimum atomic E-state index is -0.520. The van der Waals surface area contributed by atoms with E-state index in [1.54, 1.807) is 30.3 Å². The lowest BCUT2D eigenvalue weighted by molar-refractivity contribution is 0.103. The number of nitriles is 1. The lowest BCUT2D eigenvalue weighted by atomic mass is 9.71. The molecule has 0 fully saturated rings. The van der Waals surface area contributed by atoms with Crippen molar-refractivity contribution in [2.24, 2.45) is 0 Å². The summed E-state index contributed by atoms with van der Waals surface area (Å²) in [7, 11) is 1.44. The van der Waals surface area contributed by atoms with E-state index in [9.17, 15) is 9.90 Å². The average molecular weight is 347 g/mol. The molecule has 0 saturated heterocycles.